The van der Waals surface area contributed by atoms with Crippen molar-refractivity contribution in [1.82, 2.24) is 0 Å². The van der Waals surface area contributed by atoms with E-state index in [4.69, 9.17) is 0 Å². The quantitative estimate of drug-likeness (QED) is 0.869. The molecule has 2 rings (SSSR count). The minimum atomic E-state index is -2.95. The molecule has 0 saturated heterocycles. The highest BCUT2D eigenvalue weighted by Crippen LogP contribution is 2.27. The number of halogens is 3. The van der Waals surface area contributed by atoms with E-state index in [-0.39, 0.29) is 17.3 Å². The second-order valence-corrected chi connectivity index (χ2v) is 5.10. The van der Waals surface area contributed by atoms with Crippen LogP contribution in [-0.4, -0.2) is 12.5 Å². The lowest BCUT2D eigenvalue weighted by molar-refractivity contribution is -0.0493. The van der Waals surface area contributed by atoms with Gasteiger partial charge in [0.2, 0.25) is 0 Å². The zero-order chi connectivity index (χ0) is 15.4. The molecule has 1 N–H and O–H groups in total. The Labute approximate surface area is 129 Å². The summed E-state index contributed by atoms with van der Waals surface area (Å²) < 4.78 is 29.9. The Hall–Kier alpha value is -1.95. The number of ether oxygens (including phenoxy) is 1. The van der Waals surface area contributed by atoms with E-state index in [2.05, 4.69) is 26.0 Å². The summed E-state index contributed by atoms with van der Waals surface area (Å²) in [5.41, 5.74) is 1.42. The number of alkyl halides is 2. The first-order valence-corrected chi connectivity index (χ1v) is 6.88. The number of anilines is 1. The Morgan fingerprint density at radius 2 is 1.90 bits per heavy atom. The van der Waals surface area contributed by atoms with Crippen molar-refractivity contribution in [3.05, 3.63) is 58.1 Å². The average Bonchev–Trinajstić information content (AvgIpc) is 2.43. The first-order valence-electron chi connectivity index (χ1n) is 6.09. The molecule has 1 amide bonds. The van der Waals surface area contributed by atoms with Crippen molar-refractivity contribution < 1.29 is 18.3 Å². The van der Waals surface area contributed by atoms with Crippen LogP contribution >= 0.6 is 15.9 Å². The maximum atomic E-state index is 12.3. The molecule has 110 valence electrons. The first kappa shape index (κ1) is 15.4. The number of amides is 1. The van der Waals surface area contributed by atoms with Gasteiger partial charge in [-0.25, -0.2) is 0 Å². The van der Waals surface area contributed by atoms with Gasteiger partial charge in [-0.05, 0) is 36.8 Å². The highest BCUT2D eigenvalue weighted by molar-refractivity contribution is 9.10. The molecule has 6 heteroatoms. The van der Waals surface area contributed by atoms with Gasteiger partial charge in [0.05, 0.1) is 5.69 Å². The summed E-state index contributed by atoms with van der Waals surface area (Å²) in [5.74, 6) is -0.465. The molecular weight excluding hydrogens is 344 g/mol. The van der Waals surface area contributed by atoms with Crippen molar-refractivity contribution in [3.63, 3.8) is 0 Å². The van der Waals surface area contributed by atoms with Crippen molar-refractivity contribution in [1.29, 1.82) is 0 Å². The zero-order valence-corrected chi connectivity index (χ0v) is 12.7. The maximum Gasteiger partial charge on any atom is 0.387 e. The summed E-state index contributed by atoms with van der Waals surface area (Å²) in [6.07, 6.45) is 0. The van der Waals surface area contributed by atoms with Crippen molar-refractivity contribution >= 4 is 27.5 Å². The molecule has 0 aliphatic rings. The van der Waals surface area contributed by atoms with Gasteiger partial charge < -0.3 is 10.1 Å². The molecule has 0 radical (unpaired) electrons. The van der Waals surface area contributed by atoms with Gasteiger partial charge in [-0.2, -0.15) is 8.78 Å². The summed E-state index contributed by atoms with van der Waals surface area (Å²) in [6.45, 7) is -1.16. The van der Waals surface area contributed by atoms with Crippen LogP contribution in [-0.2, 0) is 0 Å². The Kier molecular flexibility index (Phi) is 4.90. The zero-order valence-electron chi connectivity index (χ0n) is 11.1. The second kappa shape index (κ2) is 6.67. The second-order valence-electron chi connectivity index (χ2n) is 4.24. The average molecular weight is 356 g/mol. The van der Waals surface area contributed by atoms with Gasteiger partial charge >= 0.3 is 6.61 Å². The van der Waals surface area contributed by atoms with E-state index in [1.165, 1.54) is 12.1 Å². The standard InChI is InChI=1S/C15H12BrF2NO2/c1-9-10(5-4-6-11(9)16)14(20)19-12-7-2-3-8-13(12)21-15(17)18/h2-8,15H,1H3,(H,19,20). The third-order valence-electron chi connectivity index (χ3n) is 2.86. The molecule has 0 heterocycles. The predicted octanol–water partition coefficient (Wildman–Crippen LogP) is 4.61. The van der Waals surface area contributed by atoms with Crippen molar-refractivity contribution in [2.45, 2.75) is 13.5 Å². The maximum absolute atomic E-state index is 12.3. The minimum Gasteiger partial charge on any atom is -0.433 e. The lowest BCUT2D eigenvalue weighted by Crippen LogP contribution is -2.15. The molecule has 0 fully saturated rings. The molecule has 0 saturated carbocycles. The number of carbonyl (C=O) groups is 1. The number of hydrogen-bond donors (Lipinski definition) is 1. The van der Waals surface area contributed by atoms with E-state index in [0.29, 0.717) is 5.56 Å². The lowest BCUT2D eigenvalue weighted by atomic mass is 10.1. The minimum absolute atomic E-state index is 0.0755. The molecule has 0 aliphatic carbocycles. The Bertz CT molecular complexity index is 662. The monoisotopic (exact) mass is 355 g/mol. The molecule has 2 aromatic carbocycles. The van der Waals surface area contributed by atoms with Crippen LogP contribution in [0.5, 0.6) is 5.75 Å². The molecule has 2 aromatic rings. The van der Waals surface area contributed by atoms with E-state index in [9.17, 15) is 13.6 Å². The van der Waals surface area contributed by atoms with E-state index < -0.39 is 6.61 Å². The van der Waals surface area contributed by atoms with Gasteiger partial charge in [-0.3, -0.25) is 4.79 Å². The summed E-state index contributed by atoms with van der Waals surface area (Å²) >= 11 is 3.34. The Balaban J connectivity index is 2.26. The smallest absolute Gasteiger partial charge is 0.387 e. The third kappa shape index (κ3) is 3.78. The van der Waals surface area contributed by atoms with Crippen LogP contribution in [0.15, 0.2) is 46.9 Å². The molecule has 0 bridgehead atoms. The third-order valence-corrected chi connectivity index (χ3v) is 3.72. The summed E-state index contributed by atoms with van der Waals surface area (Å²) in [5, 5.41) is 2.58. The van der Waals surface area contributed by atoms with Gasteiger partial charge in [0.1, 0.15) is 5.75 Å². The van der Waals surface area contributed by atoms with Crippen molar-refractivity contribution in [2.75, 3.05) is 5.32 Å². The number of hydrogen-bond acceptors (Lipinski definition) is 2. The normalized spacial score (nSPS) is 10.5. The fraction of sp³-hybridized carbons (Fsp3) is 0.133. The highest BCUT2D eigenvalue weighted by Gasteiger charge is 2.14. The number of nitrogens with one attached hydrogen (secondary N) is 1. The molecule has 0 atom stereocenters. The topological polar surface area (TPSA) is 38.3 Å². The number of para-hydroxylation sites is 2. The van der Waals surface area contributed by atoms with E-state index in [1.54, 1.807) is 31.2 Å². The number of benzene rings is 2. The van der Waals surface area contributed by atoms with Gasteiger partial charge in [0.25, 0.3) is 5.91 Å². The summed E-state index contributed by atoms with van der Waals surface area (Å²) in [7, 11) is 0. The molecule has 0 aromatic heterocycles. The summed E-state index contributed by atoms with van der Waals surface area (Å²) in [6, 6.07) is 11.3. The molecule has 0 spiro atoms. The number of carbonyl (C=O) groups excluding carboxylic acids is 1. The van der Waals surface area contributed by atoms with E-state index in [0.717, 1.165) is 10.0 Å². The fourth-order valence-electron chi connectivity index (χ4n) is 1.81. The first-order chi connectivity index (χ1) is 9.99. The Morgan fingerprint density at radius 1 is 1.19 bits per heavy atom. The van der Waals surface area contributed by atoms with Gasteiger partial charge in [0.15, 0.2) is 0 Å². The Morgan fingerprint density at radius 3 is 2.62 bits per heavy atom. The number of rotatable bonds is 4. The SMILES string of the molecule is Cc1c(Br)cccc1C(=O)Nc1ccccc1OC(F)F. The molecular formula is C15H12BrF2NO2. The van der Waals surface area contributed by atoms with Crippen LogP contribution < -0.4 is 10.1 Å². The summed E-state index contributed by atoms with van der Waals surface area (Å²) in [4.78, 5) is 12.3. The lowest BCUT2D eigenvalue weighted by Gasteiger charge is -2.13. The van der Waals surface area contributed by atoms with E-state index in [1.807, 2.05) is 6.07 Å². The van der Waals surface area contributed by atoms with Gasteiger partial charge in [0, 0.05) is 10.0 Å². The van der Waals surface area contributed by atoms with E-state index >= 15 is 0 Å². The van der Waals surface area contributed by atoms with Crippen molar-refractivity contribution in [3.8, 4) is 5.75 Å². The van der Waals surface area contributed by atoms with Crippen LogP contribution in [0.25, 0.3) is 0 Å². The largest absolute Gasteiger partial charge is 0.433 e. The fourth-order valence-corrected chi connectivity index (χ4v) is 2.18. The van der Waals surface area contributed by atoms with Crippen LogP contribution in [0, 0.1) is 6.92 Å². The highest BCUT2D eigenvalue weighted by atomic mass is 79.9. The van der Waals surface area contributed by atoms with Crippen LogP contribution in [0.4, 0.5) is 14.5 Å². The molecule has 3 nitrogen and oxygen atoms in total. The van der Waals surface area contributed by atoms with Crippen LogP contribution in [0.2, 0.25) is 0 Å². The molecule has 21 heavy (non-hydrogen) atoms. The predicted molar refractivity (Wildman–Crippen MR) is 79.9 cm³/mol. The van der Waals surface area contributed by atoms with Crippen LogP contribution in [0.3, 0.4) is 0 Å². The van der Waals surface area contributed by atoms with Crippen LogP contribution in [0.1, 0.15) is 15.9 Å². The molecule has 0 aliphatic heterocycles. The van der Waals surface area contributed by atoms with Gasteiger partial charge in [-0.1, -0.05) is 34.1 Å². The molecule has 0 unspecified atom stereocenters. The van der Waals surface area contributed by atoms with Crippen molar-refractivity contribution in [2.24, 2.45) is 0 Å². The van der Waals surface area contributed by atoms with Gasteiger partial charge in [-0.15, -0.1) is 0 Å².